The number of carbonyl (C=O) groups is 2. The van der Waals surface area contributed by atoms with Crippen molar-refractivity contribution in [2.45, 2.75) is 44.4 Å². The summed E-state index contributed by atoms with van der Waals surface area (Å²) in [6, 6.07) is 9.77. The van der Waals surface area contributed by atoms with Gasteiger partial charge < -0.3 is 5.11 Å². The minimum absolute atomic E-state index is 0.0273. The normalized spacial score (nSPS) is 32.5. The third-order valence-electron chi connectivity index (χ3n) is 5.29. The fraction of sp³-hybridized carbons (Fsp3) is 0.556. The summed E-state index contributed by atoms with van der Waals surface area (Å²) in [4.78, 5) is 24.2. The van der Waals surface area contributed by atoms with E-state index in [0.29, 0.717) is 5.78 Å². The molecule has 1 aromatic rings. The van der Waals surface area contributed by atoms with Crippen molar-refractivity contribution in [2.24, 2.45) is 17.8 Å². The third kappa shape index (κ3) is 2.74. The zero-order valence-electron chi connectivity index (χ0n) is 12.2. The zero-order valence-corrected chi connectivity index (χ0v) is 12.2. The van der Waals surface area contributed by atoms with Crippen LogP contribution in [0.25, 0.3) is 0 Å². The van der Waals surface area contributed by atoms with E-state index in [0.717, 1.165) is 31.2 Å². The molecular formula is C18H22O3. The van der Waals surface area contributed by atoms with Crippen LogP contribution in [0.2, 0.25) is 0 Å². The van der Waals surface area contributed by atoms with Crippen molar-refractivity contribution < 1.29 is 14.7 Å². The molecule has 0 bridgehead atoms. The summed E-state index contributed by atoms with van der Waals surface area (Å²) < 4.78 is 0. The van der Waals surface area contributed by atoms with Gasteiger partial charge in [0.25, 0.3) is 0 Å². The number of rotatable bonds is 3. The number of carboxylic acids is 1. The summed E-state index contributed by atoms with van der Waals surface area (Å²) >= 11 is 0. The van der Waals surface area contributed by atoms with Crippen molar-refractivity contribution in [3.05, 3.63) is 35.9 Å². The van der Waals surface area contributed by atoms with E-state index in [9.17, 15) is 14.7 Å². The second-order valence-electron chi connectivity index (χ2n) is 6.46. The third-order valence-corrected chi connectivity index (χ3v) is 5.29. The van der Waals surface area contributed by atoms with Gasteiger partial charge in [0.15, 0.2) is 0 Å². The Labute approximate surface area is 125 Å². The predicted octanol–water partition coefficient (Wildman–Crippen LogP) is 3.64. The Hall–Kier alpha value is -1.64. The Balaban J connectivity index is 1.96. The maximum absolute atomic E-state index is 12.9. The lowest BCUT2D eigenvalue weighted by molar-refractivity contribution is -0.138. The Morgan fingerprint density at radius 2 is 1.81 bits per heavy atom. The van der Waals surface area contributed by atoms with Gasteiger partial charge in [-0.1, -0.05) is 49.6 Å². The number of fused-ring (bicyclic) bond motifs is 1. The summed E-state index contributed by atoms with van der Waals surface area (Å²) in [7, 11) is 0. The first-order valence-electron chi connectivity index (χ1n) is 7.99. The topological polar surface area (TPSA) is 54.4 Å². The fourth-order valence-electron chi connectivity index (χ4n) is 4.43. The van der Waals surface area contributed by atoms with Crippen molar-refractivity contribution >= 4 is 11.8 Å². The molecule has 0 aliphatic heterocycles. The summed E-state index contributed by atoms with van der Waals surface area (Å²) in [6.45, 7) is 0. The molecule has 1 N–H and O–H groups in total. The first-order chi connectivity index (χ1) is 10.2. The lowest BCUT2D eigenvalue weighted by Gasteiger charge is -2.23. The lowest BCUT2D eigenvalue weighted by atomic mass is 9.80. The first-order valence-corrected chi connectivity index (χ1v) is 7.99. The maximum atomic E-state index is 12.9. The largest absolute Gasteiger partial charge is 0.481 e. The number of Topliss-reactive ketones (excluding diaryl/α,β-unsaturated/α-hetero) is 1. The van der Waals surface area contributed by atoms with Crippen LogP contribution >= 0.6 is 0 Å². The molecule has 21 heavy (non-hydrogen) atoms. The smallest absolute Gasteiger partial charge is 0.303 e. The van der Waals surface area contributed by atoms with E-state index in [1.807, 2.05) is 30.3 Å². The number of aliphatic carboxylic acids is 1. The molecule has 2 aliphatic rings. The minimum Gasteiger partial charge on any atom is -0.481 e. The van der Waals surface area contributed by atoms with Gasteiger partial charge in [-0.2, -0.15) is 0 Å². The standard InChI is InChI=1S/C18H22O3/c19-16(20)11-15-13-9-5-2-6-10-14(13)18(21)17(15)12-7-3-1-4-8-12/h1,3-4,7-8,13-15,17H,2,5-6,9-11H2,(H,19,20). The molecule has 0 amide bonds. The van der Waals surface area contributed by atoms with Gasteiger partial charge in [0.2, 0.25) is 0 Å². The summed E-state index contributed by atoms with van der Waals surface area (Å²) in [6.07, 6.45) is 5.49. The first kappa shape index (κ1) is 14.3. The molecule has 0 aromatic heterocycles. The number of carbonyl (C=O) groups excluding carboxylic acids is 1. The number of hydrogen-bond donors (Lipinski definition) is 1. The lowest BCUT2D eigenvalue weighted by Crippen LogP contribution is -2.20. The van der Waals surface area contributed by atoms with Crippen molar-refractivity contribution in [1.29, 1.82) is 0 Å². The Morgan fingerprint density at radius 3 is 2.52 bits per heavy atom. The molecule has 1 aromatic carbocycles. The van der Waals surface area contributed by atoms with E-state index in [1.165, 1.54) is 6.42 Å². The van der Waals surface area contributed by atoms with E-state index < -0.39 is 5.97 Å². The maximum Gasteiger partial charge on any atom is 0.303 e. The molecule has 0 radical (unpaired) electrons. The van der Waals surface area contributed by atoms with Crippen LogP contribution in [0.4, 0.5) is 0 Å². The van der Waals surface area contributed by atoms with Gasteiger partial charge in [-0.25, -0.2) is 0 Å². The highest BCUT2D eigenvalue weighted by Gasteiger charge is 2.50. The molecule has 4 atom stereocenters. The highest BCUT2D eigenvalue weighted by molar-refractivity contribution is 5.91. The molecule has 3 nitrogen and oxygen atoms in total. The molecule has 0 heterocycles. The molecular weight excluding hydrogens is 264 g/mol. The van der Waals surface area contributed by atoms with Gasteiger partial charge in [0, 0.05) is 18.3 Å². The molecule has 2 aliphatic carbocycles. The fourth-order valence-corrected chi connectivity index (χ4v) is 4.43. The highest BCUT2D eigenvalue weighted by Crippen LogP contribution is 2.51. The van der Waals surface area contributed by atoms with Crippen LogP contribution in [-0.4, -0.2) is 16.9 Å². The van der Waals surface area contributed by atoms with Crippen LogP contribution in [0.1, 0.15) is 50.0 Å². The highest BCUT2D eigenvalue weighted by atomic mass is 16.4. The number of ketones is 1. The number of hydrogen-bond acceptors (Lipinski definition) is 2. The van der Waals surface area contributed by atoms with Gasteiger partial charge in [0.05, 0.1) is 0 Å². The van der Waals surface area contributed by atoms with E-state index >= 15 is 0 Å². The summed E-state index contributed by atoms with van der Waals surface area (Å²) in [5, 5.41) is 9.27. The van der Waals surface area contributed by atoms with Crippen LogP contribution in [0, 0.1) is 17.8 Å². The van der Waals surface area contributed by atoms with E-state index in [4.69, 9.17) is 0 Å². The molecule has 3 heteroatoms. The minimum atomic E-state index is -0.779. The van der Waals surface area contributed by atoms with Gasteiger partial charge in [-0.15, -0.1) is 0 Å². The molecule has 3 rings (SSSR count). The van der Waals surface area contributed by atoms with Crippen molar-refractivity contribution in [3.63, 3.8) is 0 Å². The Morgan fingerprint density at radius 1 is 1.10 bits per heavy atom. The molecule has 4 unspecified atom stereocenters. The van der Waals surface area contributed by atoms with Crippen molar-refractivity contribution in [1.82, 2.24) is 0 Å². The number of carboxylic acid groups (broad SMARTS) is 1. The van der Waals surface area contributed by atoms with Crippen LogP contribution in [0.5, 0.6) is 0 Å². The Kier molecular flexibility index (Phi) is 4.09. The second kappa shape index (κ2) is 6.00. The Bertz CT molecular complexity index is 523. The van der Waals surface area contributed by atoms with Crippen molar-refractivity contribution in [2.75, 3.05) is 0 Å². The molecule has 2 saturated carbocycles. The van der Waals surface area contributed by atoms with Crippen LogP contribution in [0.15, 0.2) is 30.3 Å². The van der Waals surface area contributed by atoms with Crippen molar-refractivity contribution in [3.8, 4) is 0 Å². The van der Waals surface area contributed by atoms with Gasteiger partial charge in [-0.05, 0) is 30.2 Å². The van der Waals surface area contributed by atoms with Gasteiger partial charge in [-0.3, -0.25) is 9.59 Å². The quantitative estimate of drug-likeness (QED) is 0.923. The predicted molar refractivity (Wildman–Crippen MR) is 80.0 cm³/mol. The summed E-state index contributed by atoms with van der Waals surface area (Å²) in [5.41, 5.74) is 1.00. The molecule has 2 fully saturated rings. The molecule has 0 spiro atoms. The van der Waals surface area contributed by atoms with E-state index in [2.05, 4.69) is 0 Å². The summed E-state index contributed by atoms with van der Waals surface area (Å²) in [5.74, 6) is -0.378. The van der Waals surface area contributed by atoms with E-state index in [-0.39, 0.29) is 30.1 Å². The molecule has 112 valence electrons. The average Bonchev–Trinajstić information content (AvgIpc) is 2.65. The van der Waals surface area contributed by atoms with E-state index in [1.54, 1.807) is 0 Å². The van der Waals surface area contributed by atoms with Crippen LogP contribution in [-0.2, 0) is 9.59 Å². The van der Waals surface area contributed by atoms with Crippen LogP contribution in [0.3, 0.4) is 0 Å². The van der Waals surface area contributed by atoms with Gasteiger partial charge in [0.1, 0.15) is 5.78 Å². The van der Waals surface area contributed by atoms with Crippen LogP contribution < -0.4 is 0 Å². The average molecular weight is 286 g/mol. The van der Waals surface area contributed by atoms with Gasteiger partial charge >= 0.3 is 5.97 Å². The molecule has 0 saturated heterocycles. The number of benzene rings is 1. The zero-order chi connectivity index (χ0) is 14.8. The SMILES string of the molecule is O=C(O)CC1C(c2ccccc2)C(=O)C2CCCCCC21. The second-order valence-corrected chi connectivity index (χ2v) is 6.46. The monoisotopic (exact) mass is 286 g/mol.